The van der Waals surface area contributed by atoms with Crippen molar-refractivity contribution in [1.29, 1.82) is 0 Å². The summed E-state index contributed by atoms with van der Waals surface area (Å²) in [6, 6.07) is 14.9. The molecule has 0 atom stereocenters. The Morgan fingerprint density at radius 3 is 2.53 bits per heavy atom. The van der Waals surface area contributed by atoms with Crippen molar-refractivity contribution >= 4 is 18.1 Å². The summed E-state index contributed by atoms with van der Waals surface area (Å²) in [4.78, 5) is 22.9. The van der Waals surface area contributed by atoms with Crippen molar-refractivity contribution in [2.24, 2.45) is 5.10 Å². The third-order valence-corrected chi connectivity index (χ3v) is 4.38. The van der Waals surface area contributed by atoms with Crippen molar-refractivity contribution in [3.05, 3.63) is 71.5 Å². The van der Waals surface area contributed by atoms with Gasteiger partial charge in [-0.05, 0) is 35.4 Å². The molecule has 2 heterocycles. The highest BCUT2D eigenvalue weighted by Gasteiger charge is 2.13. The Balaban J connectivity index is 1.33. The van der Waals surface area contributed by atoms with Gasteiger partial charge in [0.05, 0.1) is 18.6 Å². The van der Waals surface area contributed by atoms with E-state index in [9.17, 15) is 14.7 Å². The van der Waals surface area contributed by atoms with Crippen LogP contribution in [0.1, 0.15) is 21.7 Å². The number of rotatable bonds is 6. The molecule has 0 bridgehead atoms. The molecule has 0 radical (unpaired) electrons. The third kappa shape index (κ3) is 4.49. The van der Waals surface area contributed by atoms with E-state index in [0.29, 0.717) is 41.8 Å². The maximum absolute atomic E-state index is 12.1. The predicted molar refractivity (Wildman–Crippen MR) is 105 cm³/mol. The molecule has 1 amide bonds. The van der Waals surface area contributed by atoms with Gasteiger partial charge in [-0.1, -0.05) is 30.3 Å². The average Bonchev–Trinajstić information content (AvgIpc) is 3.22. The van der Waals surface area contributed by atoms with E-state index in [2.05, 4.69) is 10.5 Å². The Kier molecular flexibility index (Phi) is 5.47. The second-order valence-corrected chi connectivity index (χ2v) is 6.51. The molecule has 0 unspecified atom stereocenters. The Morgan fingerprint density at radius 2 is 1.77 bits per heavy atom. The smallest absolute Gasteiger partial charge is 0.244 e. The summed E-state index contributed by atoms with van der Waals surface area (Å²) in [5.41, 5.74) is 4.04. The van der Waals surface area contributed by atoms with E-state index < -0.39 is 5.97 Å². The lowest BCUT2D eigenvalue weighted by Crippen LogP contribution is -2.21. The summed E-state index contributed by atoms with van der Waals surface area (Å²) in [5.74, 6) is 0.767. The number of benzene rings is 2. The molecule has 2 aromatic carbocycles. The number of hydrogen-bond donors (Lipinski definition) is 1. The SMILES string of the molecule is O=C(Cc1ccc2c(c1)OCCO2)N/N=C\c1ccc(-c2ccc(C(=O)[O-])cc2)o1. The zero-order valence-corrected chi connectivity index (χ0v) is 15.8. The summed E-state index contributed by atoms with van der Waals surface area (Å²) < 4.78 is 16.6. The highest BCUT2D eigenvalue weighted by molar-refractivity contribution is 5.86. The minimum atomic E-state index is -1.24. The van der Waals surface area contributed by atoms with Gasteiger partial charge >= 0.3 is 0 Å². The minimum absolute atomic E-state index is 0.0906. The summed E-state index contributed by atoms with van der Waals surface area (Å²) in [5, 5.41) is 14.7. The molecule has 8 nitrogen and oxygen atoms in total. The van der Waals surface area contributed by atoms with Crippen molar-refractivity contribution in [3.63, 3.8) is 0 Å². The number of ether oxygens (including phenoxy) is 2. The molecule has 1 aliphatic rings. The van der Waals surface area contributed by atoms with Gasteiger partial charge in [-0.15, -0.1) is 0 Å². The van der Waals surface area contributed by atoms with E-state index in [4.69, 9.17) is 13.9 Å². The largest absolute Gasteiger partial charge is 0.545 e. The summed E-state index contributed by atoms with van der Waals surface area (Å²) in [6.45, 7) is 1.00. The number of nitrogens with one attached hydrogen (secondary N) is 1. The van der Waals surface area contributed by atoms with Crippen molar-refractivity contribution in [3.8, 4) is 22.8 Å². The number of carboxylic acids is 1. The fourth-order valence-electron chi connectivity index (χ4n) is 2.94. The number of nitrogens with zero attached hydrogens (tertiary/aromatic N) is 1. The van der Waals surface area contributed by atoms with E-state index in [-0.39, 0.29) is 17.9 Å². The molecule has 30 heavy (non-hydrogen) atoms. The minimum Gasteiger partial charge on any atom is -0.545 e. The first-order chi connectivity index (χ1) is 14.6. The van der Waals surface area contributed by atoms with Gasteiger partial charge in [0.2, 0.25) is 5.91 Å². The van der Waals surface area contributed by atoms with Crippen LogP contribution in [0.3, 0.4) is 0 Å². The molecule has 0 aliphatic carbocycles. The molecule has 1 aromatic heterocycles. The number of carboxylic acid groups (broad SMARTS) is 1. The summed E-state index contributed by atoms with van der Waals surface area (Å²) in [7, 11) is 0. The lowest BCUT2D eigenvalue weighted by molar-refractivity contribution is -0.255. The molecule has 0 saturated heterocycles. The van der Waals surface area contributed by atoms with Crippen LogP contribution in [0.25, 0.3) is 11.3 Å². The quantitative estimate of drug-likeness (QED) is 0.494. The standard InChI is InChI=1S/C22H18N2O6/c25-21(12-14-1-7-19-20(11-14)29-10-9-28-19)24-23-13-17-6-8-18(30-17)15-2-4-16(5-3-15)22(26)27/h1-8,11,13H,9-10,12H2,(H,24,25)(H,26,27)/p-1/b23-13-. The second kappa shape index (κ2) is 8.52. The van der Waals surface area contributed by atoms with E-state index in [1.165, 1.54) is 18.3 Å². The lowest BCUT2D eigenvalue weighted by atomic mass is 10.1. The van der Waals surface area contributed by atoms with Crippen LogP contribution < -0.4 is 20.0 Å². The Labute approximate surface area is 171 Å². The van der Waals surface area contributed by atoms with Gasteiger partial charge in [-0.25, -0.2) is 5.43 Å². The maximum atomic E-state index is 12.1. The third-order valence-electron chi connectivity index (χ3n) is 4.38. The molecular formula is C22H17N2O6-. The molecule has 1 N–H and O–H groups in total. The molecular weight excluding hydrogens is 388 g/mol. The van der Waals surface area contributed by atoms with Gasteiger partial charge in [-0.2, -0.15) is 5.10 Å². The van der Waals surface area contributed by atoms with Crippen molar-refractivity contribution in [1.82, 2.24) is 5.43 Å². The van der Waals surface area contributed by atoms with Crippen LogP contribution in [0.15, 0.2) is 64.1 Å². The molecule has 3 aromatic rings. The maximum Gasteiger partial charge on any atom is 0.244 e. The van der Waals surface area contributed by atoms with Crippen LogP contribution in [0.5, 0.6) is 11.5 Å². The fraction of sp³-hybridized carbons (Fsp3) is 0.136. The Bertz CT molecular complexity index is 1100. The normalized spacial score (nSPS) is 12.7. The number of hydrogen-bond acceptors (Lipinski definition) is 7. The van der Waals surface area contributed by atoms with Crippen LogP contribution in [-0.2, 0) is 11.2 Å². The van der Waals surface area contributed by atoms with E-state index in [0.717, 1.165) is 5.56 Å². The summed E-state index contributed by atoms with van der Waals surface area (Å²) >= 11 is 0. The van der Waals surface area contributed by atoms with Crippen molar-refractivity contribution < 1.29 is 28.6 Å². The van der Waals surface area contributed by atoms with Crippen molar-refractivity contribution in [2.75, 3.05) is 13.2 Å². The molecule has 152 valence electrons. The van der Waals surface area contributed by atoms with Crippen LogP contribution in [0, 0.1) is 0 Å². The van der Waals surface area contributed by atoms with Gasteiger partial charge in [0.1, 0.15) is 24.7 Å². The zero-order valence-electron chi connectivity index (χ0n) is 15.8. The highest BCUT2D eigenvalue weighted by Crippen LogP contribution is 2.30. The topological polar surface area (TPSA) is 113 Å². The monoisotopic (exact) mass is 405 g/mol. The number of hydrazone groups is 1. The number of carbonyl (C=O) groups is 2. The van der Waals surface area contributed by atoms with Gasteiger partial charge in [0.15, 0.2) is 11.5 Å². The molecule has 0 fully saturated rings. The zero-order chi connectivity index (χ0) is 20.9. The second-order valence-electron chi connectivity index (χ2n) is 6.51. The first-order valence-electron chi connectivity index (χ1n) is 9.20. The predicted octanol–water partition coefficient (Wildman–Crippen LogP) is 1.77. The molecule has 4 rings (SSSR count). The number of furan rings is 1. The number of amides is 1. The lowest BCUT2D eigenvalue weighted by Gasteiger charge is -2.18. The summed E-state index contributed by atoms with van der Waals surface area (Å²) in [6.07, 6.45) is 1.53. The Morgan fingerprint density at radius 1 is 1.00 bits per heavy atom. The Hall–Kier alpha value is -4.07. The van der Waals surface area contributed by atoms with Crippen LogP contribution >= 0.6 is 0 Å². The van der Waals surface area contributed by atoms with E-state index in [1.807, 2.05) is 0 Å². The number of carbonyl (C=O) groups excluding carboxylic acids is 2. The van der Waals surface area contributed by atoms with Gasteiger partial charge in [0.25, 0.3) is 0 Å². The number of fused-ring (bicyclic) bond motifs is 1. The van der Waals surface area contributed by atoms with Gasteiger partial charge < -0.3 is 23.8 Å². The van der Waals surface area contributed by atoms with E-state index in [1.54, 1.807) is 42.5 Å². The van der Waals surface area contributed by atoms with Crippen molar-refractivity contribution in [2.45, 2.75) is 6.42 Å². The van der Waals surface area contributed by atoms with Gasteiger partial charge in [0, 0.05) is 5.56 Å². The van der Waals surface area contributed by atoms with Crippen LogP contribution in [0.2, 0.25) is 0 Å². The first-order valence-corrected chi connectivity index (χ1v) is 9.20. The average molecular weight is 405 g/mol. The number of aromatic carboxylic acids is 1. The van der Waals surface area contributed by atoms with Crippen LogP contribution in [-0.4, -0.2) is 31.3 Å². The van der Waals surface area contributed by atoms with E-state index >= 15 is 0 Å². The molecule has 8 heteroatoms. The fourth-order valence-corrected chi connectivity index (χ4v) is 2.94. The highest BCUT2D eigenvalue weighted by atomic mass is 16.6. The molecule has 0 saturated carbocycles. The molecule has 0 spiro atoms. The molecule has 1 aliphatic heterocycles. The van der Waals surface area contributed by atoms with Crippen LogP contribution in [0.4, 0.5) is 0 Å². The van der Waals surface area contributed by atoms with Gasteiger partial charge in [-0.3, -0.25) is 4.79 Å². The first kappa shape index (κ1) is 19.3.